The molecular weight excluding hydrogens is 366 g/mol. The van der Waals surface area contributed by atoms with Crippen LogP contribution in [0, 0.1) is 13.8 Å². The van der Waals surface area contributed by atoms with E-state index < -0.39 is 10.0 Å². The number of amides is 1. The van der Waals surface area contributed by atoms with E-state index >= 15 is 0 Å². The van der Waals surface area contributed by atoms with E-state index in [0.717, 1.165) is 5.69 Å². The molecule has 0 atom stereocenters. The highest BCUT2D eigenvalue weighted by atomic mass is 32.2. The maximum atomic E-state index is 12.8. The van der Waals surface area contributed by atoms with Crippen molar-refractivity contribution >= 4 is 27.4 Å². The van der Waals surface area contributed by atoms with E-state index in [1.165, 1.54) is 4.31 Å². The summed E-state index contributed by atoms with van der Waals surface area (Å²) in [7, 11) is -1.81. The first-order chi connectivity index (χ1) is 12.7. The summed E-state index contributed by atoms with van der Waals surface area (Å²) < 4.78 is 28.6. The zero-order valence-electron chi connectivity index (χ0n) is 16.4. The quantitative estimate of drug-likeness (QED) is 0.716. The van der Waals surface area contributed by atoms with E-state index in [1.807, 2.05) is 20.8 Å². The zero-order valence-corrected chi connectivity index (χ0v) is 17.2. The van der Waals surface area contributed by atoms with Crippen LogP contribution < -0.4 is 10.6 Å². The Labute approximate surface area is 160 Å². The lowest BCUT2D eigenvalue weighted by Gasteiger charge is -2.20. The average molecular weight is 394 g/mol. The molecule has 148 valence electrons. The van der Waals surface area contributed by atoms with E-state index in [2.05, 4.69) is 15.7 Å². The predicted molar refractivity (Wildman–Crippen MR) is 106 cm³/mol. The molecular formula is C18H27N5O3S. The van der Waals surface area contributed by atoms with Gasteiger partial charge in [0.25, 0.3) is 0 Å². The van der Waals surface area contributed by atoms with Gasteiger partial charge < -0.3 is 10.6 Å². The number of carbonyl (C=O) groups excluding carboxylic acids is 1. The first kappa shape index (κ1) is 20.9. The van der Waals surface area contributed by atoms with Crippen LogP contribution in [0.25, 0.3) is 0 Å². The number of nitrogens with one attached hydrogen (secondary N) is 2. The van der Waals surface area contributed by atoms with Crippen LogP contribution in [-0.4, -0.2) is 48.0 Å². The molecule has 2 rings (SSSR count). The predicted octanol–water partition coefficient (Wildman–Crippen LogP) is 2.12. The highest BCUT2D eigenvalue weighted by molar-refractivity contribution is 7.89. The Morgan fingerprint density at radius 1 is 1.19 bits per heavy atom. The van der Waals surface area contributed by atoms with Crippen molar-refractivity contribution in [2.75, 3.05) is 30.3 Å². The Morgan fingerprint density at radius 3 is 2.41 bits per heavy atom. The van der Waals surface area contributed by atoms with Crippen molar-refractivity contribution in [3.05, 3.63) is 35.5 Å². The van der Waals surface area contributed by atoms with Crippen LogP contribution in [0.3, 0.4) is 0 Å². The molecule has 0 aliphatic rings. The number of sulfonamides is 1. The second kappa shape index (κ2) is 8.53. The van der Waals surface area contributed by atoms with E-state index in [0.29, 0.717) is 30.2 Å². The van der Waals surface area contributed by atoms with Crippen LogP contribution in [-0.2, 0) is 21.9 Å². The van der Waals surface area contributed by atoms with Gasteiger partial charge in [0.05, 0.1) is 17.1 Å². The molecule has 0 aliphatic carbocycles. The third-order valence-corrected chi connectivity index (χ3v) is 6.43. The smallest absolute Gasteiger partial charge is 0.244 e. The Morgan fingerprint density at radius 2 is 1.85 bits per heavy atom. The van der Waals surface area contributed by atoms with Gasteiger partial charge in [0.2, 0.25) is 15.9 Å². The number of benzene rings is 1. The van der Waals surface area contributed by atoms with Gasteiger partial charge in [-0.15, -0.1) is 0 Å². The normalized spacial score (nSPS) is 11.6. The van der Waals surface area contributed by atoms with Crippen molar-refractivity contribution in [2.24, 2.45) is 7.05 Å². The van der Waals surface area contributed by atoms with E-state index in [-0.39, 0.29) is 17.3 Å². The van der Waals surface area contributed by atoms with Gasteiger partial charge in [-0.3, -0.25) is 9.48 Å². The Kier molecular flexibility index (Phi) is 6.61. The fourth-order valence-corrected chi connectivity index (χ4v) is 4.50. The number of rotatable bonds is 8. The Bertz CT molecular complexity index is 917. The van der Waals surface area contributed by atoms with Gasteiger partial charge in [-0.05, 0) is 31.5 Å². The number of carbonyl (C=O) groups is 1. The summed E-state index contributed by atoms with van der Waals surface area (Å²) in [4.78, 5) is 12.4. The molecule has 0 bridgehead atoms. The largest absolute Gasteiger partial charge is 0.376 e. The molecule has 2 N–H and O–H groups in total. The van der Waals surface area contributed by atoms with Crippen LogP contribution in [0.2, 0.25) is 0 Å². The second-order valence-electron chi connectivity index (χ2n) is 6.27. The second-order valence-corrected chi connectivity index (χ2v) is 8.17. The van der Waals surface area contributed by atoms with Crippen LogP contribution in [0.4, 0.5) is 11.5 Å². The van der Waals surface area contributed by atoms with Crippen molar-refractivity contribution in [1.82, 2.24) is 14.1 Å². The number of hydrogen-bond acceptors (Lipinski definition) is 5. The van der Waals surface area contributed by atoms with Crippen molar-refractivity contribution < 1.29 is 13.2 Å². The maximum absolute atomic E-state index is 12.8. The highest BCUT2D eigenvalue weighted by Gasteiger charge is 2.23. The summed E-state index contributed by atoms with van der Waals surface area (Å²) in [6.45, 7) is 8.05. The van der Waals surface area contributed by atoms with Gasteiger partial charge in [-0.2, -0.15) is 9.40 Å². The fraction of sp³-hybridized carbons (Fsp3) is 0.444. The SMILES string of the molecule is CCN(CC)S(=O)(=O)c1cc(NCC(=O)Nc2cc(C)nn2C)ccc1C. The lowest BCUT2D eigenvalue weighted by molar-refractivity contribution is -0.114. The monoisotopic (exact) mass is 393 g/mol. The van der Waals surface area contributed by atoms with E-state index in [1.54, 1.807) is 42.9 Å². The van der Waals surface area contributed by atoms with Crippen LogP contribution in [0.1, 0.15) is 25.1 Å². The van der Waals surface area contributed by atoms with Crippen LogP contribution in [0.15, 0.2) is 29.2 Å². The highest BCUT2D eigenvalue weighted by Crippen LogP contribution is 2.23. The number of nitrogens with zero attached hydrogens (tertiary/aromatic N) is 3. The molecule has 1 aromatic heterocycles. The third-order valence-electron chi connectivity index (χ3n) is 4.23. The molecule has 9 heteroatoms. The van der Waals surface area contributed by atoms with Gasteiger partial charge in [-0.25, -0.2) is 8.42 Å². The van der Waals surface area contributed by atoms with Crippen LogP contribution >= 0.6 is 0 Å². The van der Waals surface area contributed by atoms with Crippen molar-refractivity contribution in [2.45, 2.75) is 32.6 Å². The number of aryl methyl sites for hydroxylation is 3. The molecule has 0 fully saturated rings. The summed E-state index contributed by atoms with van der Waals surface area (Å²) >= 11 is 0. The molecule has 2 aromatic rings. The standard InChI is InChI=1S/C18H27N5O3S/c1-6-23(7-2)27(25,26)16-11-15(9-8-13(16)3)19-12-18(24)20-17-10-14(4)21-22(17)5/h8-11,19H,6-7,12H2,1-5H3,(H,20,24). The molecule has 0 aliphatic heterocycles. The maximum Gasteiger partial charge on any atom is 0.244 e. The molecule has 27 heavy (non-hydrogen) atoms. The van der Waals surface area contributed by atoms with Crippen molar-refractivity contribution in [3.63, 3.8) is 0 Å². The number of aromatic nitrogens is 2. The lowest BCUT2D eigenvalue weighted by atomic mass is 10.2. The molecule has 8 nitrogen and oxygen atoms in total. The summed E-state index contributed by atoms with van der Waals surface area (Å²) in [6, 6.07) is 6.85. The minimum Gasteiger partial charge on any atom is -0.376 e. The van der Waals surface area contributed by atoms with Gasteiger partial charge in [-0.1, -0.05) is 19.9 Å². The lowest BCUT2D eigenvalue weighted by Crippen LogP contribution is -2.31. The third kappa shape index (κ3) is 4.86. The van der Waals surface area contributed by atoms with E-state index in [4.69, 9.17) is 0 Å². The fourth-order valence-electron chi connectivity index (χ4n) is 2.79. The number of hydrogen-bond donors (Lipinski definition) is 2. The Hall–Kier alpha value is -2.39. The van der Waals surface area contributed by atoms with Crippen LogP contribution in [0.5, 0.6) is 0 Å². The topological polar surface area (TPSA) is 96.3 Å². The average Bonchev–Trinajstić information content (AvgIpc) is 2.92. The van der Waals surface area contributed by atoms with Gasteiger partial charge >= 0.3 is 0 Å². The van der Waals surface area contributed by atoms with Gasteiger partial charge in [0, 0.05) is 31.9 Å². The molecule has 1 heterocycles. The molecule has 0 radical (unpaired) electrons. The number of anilines is 2. The summed E-state index contributed by atoms with van der Waals surface area (Å²) in [5.74, 6) is 0.361. The molecule has 0 saturated carbocycles. The van der Waals surface area contributed by atoms with Crippen molar-refractivity contribution in [3.8, 4) is 0 Å². The molecule has 1 aromatic carbocycles. The Balaban J connectivity index is 2.12. The molecule has 0 saturated heterocycles. The minimum absolute atomic E-state index is 0.0120. The van der Waals surface area contributed by atoms with E-state index in [9.17, 15) is 13.2 Å². The molecule has 0 unspecified atom stereocenters. The molecule has 1 amide bonds. The molecule has 0 spiro atoms. The first-order valence-electron chi connectivity index (χ1n) is 8.84. The summed E-state index contributed by atoms with van der Waals surface area (Å²) in [5, 5.41) is 9.92. The summed E-state index contributed by atoms with van der Waals surface area (Å²) in [5.41, 5.74) is 2.05. The van der Waals surface area contributed by atoms with Gasteiger partial charge in [0.15, 0.2) is 0 Å². The first-order valence-corrected chi connectivity index (χ1v) is 10.3. The van der Waals surface area contributed by atoms with Gasteiger partial charge in [0.1, 0.15) is 5.82 Å². The minimum atomic E-state index is -3.56. The summed E-state index contributed by atoms with van der Waals surface area (Å²) in [6.07, 6.45) is 0. The zero-order chi connectivity index (χ0) is 20.2. The van der Waals surface area contributed by atoms with Crippen molar-refractivity contribution in [1.29, 1.82) is 0 Å².